The maximum Gasteiger partial charge on any atom is 0.255 e. The molecule has 2 aromatic heterocycles. The summed E-state index contributed by atoms with van der Waals surface area (Å²) in [5.74, 6) is 0.610. The van der Waals surface area contributed by atoms with E-state index in [1.165, 1.54) is 0 Å². The van der Waals surface area contributed by atoms with E-state index < -0.39 is 0 Å². The molecule has 0 bridgehead atoms. The second-order valence-electron chi connectivity index (χ2n) is 5.78. The van der Waals surface area contributed by atoms with E-state index in [-0.39, 0.29) is 11.7 Å². The van der Waals surface area contributed by atoms with Crippen molar-refractivity contribution in [2.45, 2.75) is 13.0 Å². The van der Waals surface area contributed by atoms with Crippen molar-refractivity contribution in [3.05, 3.63) is 83.8 Å². The minimum atomic E-state index is -0.172. The van der Waals surface area contributed by atoms with Crippen LogP contribution in [-0.2, 0) is 13.0 Å². The number of pyridine rings is 2. The fourth-order valence-electron chi connectivity index (χ4n) is 2.49. The Labute approximate surface area is 152 Å². The average Bonchev–Trinajstić information content (AvgIpc) is 2.69. The Morgan fingerprint density at radius 3 is 2.50 bits per heavy atom. The fourth-order valence-corrected chi connectivity index (χ4v) is 2.49. The number of aromatic nitrogens is 2. The molecule has 0 aliphatic heterocycles. The van der Waals surface area contributed by atoms with Gasteiger partial charge in [0, 0.05) is 31.7 Å². The van der Waals surface area contributed by atoms with Crippen LogP contribution in [0.5, 0.6) is 5.75 Å². The molecular weight excluding hydrogens is 328 g/mol. The molecule has 132 valence electrons. The third-order valence-corrected chi connectivity index (χ3v) is 3.90. The van der Waals surface area contributed by atoms with Gasteiger partial charge >= 0.3 is 0 Å². The summed E-state index contributed by atoms with van der Waals surface area (Å²) < 4.78 is 0. The molecule has 0 radical (unpaired) electrons. The first-order chi connectivity index (χ1) is 12.7. The lowest BCUT2D eigenvalue weighted by Crippen LogP contribution is -2.26. The van der Waals surface area contributed by atoms with Gasteiger partial charge in [-0.05, 0) is 53.9 Å². The summed E-state index contributed by atoms with van der Waals surface area (Å²) in [4.78, 5) is 20.7. The molecule has 2 heterocycles. The van der Waals surface area contributed by atoms with Gasteiger partial charge in [0.05, 0.1) is 5.56 Å². The van der Waals surface area contributed by atoms with E-state index in [0.717, 1.165) is 11.1 Å². The summed E-state index contributed by atoms with van der Waals surface area (Å²) in [6.45, 7) is 1.07. The van der Waals surface area contributed by atoms with Crippen LogP contribution in [0.3, 0.4) is 0 Å². The number of nitrogens with one attached hydrogen (secondary N) is 2. The van der Waals surface area contributed by atoms with Gasteiger partial charge in [0.15, 0.2) is 0 Å². The first-order valence-electron chi connectivity index (χ1n) is 8.36. The molecule has 3 N–H and O–H groups in total. The average molecular weight is 348 g/mol. The van der Waals surface area contributed by atoms with E-state index in [1.807, 2.05) is 24.3 Å². The number of rotatable bonds is 7. The van der Waals surface area contributed by atoms with Gasteiger partial charge < -0.3 is 15.7 Å². The zero-order chi connectivity index (χ0) is 18.2. The smallest absolute Gasteiger partial charge is 0.255 e. The lowest BCUT2D eigenvalue weighted by atomic mass is 10.1. The number of carbonyl (C=O) groups is 1. The second-order valence-corrected chi connectivity index (χ2v) is 5.78. The molecule has 6 heteroatoms. The van der Waals surface area contributed by atoms with Crippen LogP contribution in [0.2, 0.25) is 0 Å². The highest BCUT2D eigenvalue weighted by atomic mass is 16.3. The summed E-state index contributed by atoms with van der Waals surface area (Å²) in [6.07, 6.45) is 5.80. The van der Waals surface area contributed by atoms with Crippen LogP contribution >= 0.6 is 0 Å². The van der Waals surface area contributed by atoms with Crippen molar-refractivity contribution in [3.63, 3.8) is 0 Å². The maximum atomic E-state index is 12.5. The van der Waals surface area contributed by atoms with Gasteiger partial charge in [-0.1, -0.05) is 12.1 Å². The number of carbonyl (C=O) groups excluding carboxylic acids is 1. The highest BCUT2D eigenvalue weighted by molar-refractivity contribution is 5.98. The molecule has 0 fully saturated rings. The van der Waals surface area contributed by atoms with Crippen LogP contribution in [-0.4, -0.2) is 27.5 Å². The Balaban J connectivity index is 1.57. The monoisotopic (exact) mass is 348 g/mol. The van der Waals surface area contributed by atoms with Gasteiger partial charge in [-0.2, -0.15) is 0 Å². The van der Waals surface area contributed by atoms with Crippen molar-refractivity contribution in [1.82, 2.24) is 15.3 Å². The van der Waals surface area contributed by atoms with Crippen molar-refractivity contribution in [3.8, 4) is 5.75 Å². The van der Waals surface area contributed by atoms with E-state index in [2.05, 4.69) is 20.6 Å². The summed E-state index contributed by atoms with van der Waals surface area (Å²) in [7, 11) is 0. The predicted octanol–water partition coefficient (Wildman–Crippen LogP) is 2.77. The van der Waals surface area contributed by atoms with Crippen molar-refractivity contribution in [2.24, 2.45) is 0 Å². The van der Waals surface area contributed by atoms with Gasteiger partial charge in [0.1, 0.15) is 11.6 Å². The van der Waals surface area contributed by atoms with Crippen LogP contribution in [0.15, 0.2) is 67.1 Å². The summed E-state index contributed by atoms with van der Waals surface area (Å²) in [5, 5.41) is 15.4. The molecule has 0 aliphatic carbocycles. The van der Waals surface area contributed by atoms with Crippen molar-refractivity contribution >= 4 is 11.7 Å². The van der Waals surface area contributed by atoms with Crippen molar-refractivity contribution in [2.75, 3.05) is 11.9 Å². The predicted molar refractivity (Wildman–Crippen MR) is 99.9 cm³/mol. The summed E-state index contributed by atoms with van der Waals surface area (Å²) >= 11 is 0. The van der Waals surface area contributed by atoms with E-state index in [0.29, 0.717) is 30.9 Å². The Morgan fingerprint density at radius 2 is 1.73 bits per heavy atom. The summed E-state index contributed by atoms with van der Waals surface area (Å²) in [5.41, 5.74) is 2.61. The molecular formula is C20H20N4O2. The third-order valence-electron chi connectivity index (χ3n) is 3.90. The molecule has 0 aliphatic rings. The number of hydrogen-bond donors (Lipinski definition) is 3. The van der Waals surface area contributed by atoms with E-state index in [1.54, 1.807) is 42.9 Å². The fraction of sp³-hybridized carbons (Fsp3) is 0.150. The highest BCUT2D eigenvalue weighted by Gasteiger charge is 2.11. The van der Waals surface area contributed by atoms with Gasteiger partial charge in [-0.3, -0.25) is 9.78 Å². The number of phenolic OH excluding ortho intramolecular Hbond substituents is 1. The van der Waals surface area contributed by atoms with Crippen molar-refractivity contribution < 1.29 is 9.90 Å². The van der Waals surface area contributed by atoms with Gasteiger partial charge in [0.25, 0.3) is 5.91 Å². The Bertz CT molecular complexity index is 851. The van der Waals surface area contributed by atoms with E-state index in [4.69, 9.17) is 0 Å². The highest BCUT2D eigenvalue weighted by Crippen LogP contribution is 2.13. The van der Waals surface area contributed by atoms with Gasteiger partial charge in [0.2, 0.25) is 0 Å². The second kappa shape index (κ2) is 8.62. The van der Waals surface area contributed by atoms with Crippen LogP contribution in [0.1, 0.15) is 21.5 Å². The minimum Gasteiger partial charge on any atom is -0.508 e. The Morgan fingerprint density at radius 1 is 0.962 bits per heavy atom. The largest absolute Gasteiger partial charge is 0.508 e. The van der Waals surface area contributed by atoms with Gasteiger partial charge in [-0.25, -0.2) is 4.98 Å². The lowest BCUT2D eigenvalue weighted by molar-refractivity contribution is 0.0954. The standard InChI is InChI=1S/C20H20N4O2/c25-17-5-3-15(4-6-17)9-13-23-20(26)18-2-1-10-22-19(18)24-14-16-7-11-21-12-8-16/h1-8,10-12,25H,9,13-14H2,(H,22,24)(H,23,26). The van der Waals surface area contributed by atoms with Crippen LogP contribution in [0.25, 0.3) is 0 Å². The maximum absolute atomic E-state index is 12.5. The normalized spacial score (nSPS) is 10.3. The van der Waals surface area contributed by atoms with Gasteiger partial charge in [-0.15, -0.1) is 0 Å². The molecule has 3 rings (SSSR count). The number of nitrogens with zero attached hydrogens (tertiary/aromatic N) is 2. The molecule has 0 saturated carbocycles. The quantitative estimate of drug-likeness (QED) is 0.611. The van der Waals surface area contributed by atoms with E-state index in [9.17, 15) is 9.90 Å². The topological polar surface area (TPSA) is 87.1 Å². The SMILES string of the molecule is O=C(NCCc1ccc(O)cc1)c1cccnc1NCc1ccncc1. The number of benzene rings is 1. The Hall–Kier alpha value is -3.41. The van der Waals surface area contributed by atoms with E-state index >= 15 is 0 Å². The number of phenols is 1. The zero-order valence-electron chi connectivity index (χ0n) is 14.2. The molecule has 1 aromatic carbocycles. The molecule has 0 spiro atoms. The zero-order valence-corrected chi connectivity index (χ0v) is 14.2. The first-order valence-corrected chi connectivity index (χ1v) is 8.36. The van der Waals surface area contributed by atoms with Crippen molar-refractivity contribution in [1.29, 1.82) is 0 Å². The minimum absolute atomic E-state index is 0.172. The number of hydrogen-bond acceptors (Lipinski definition) is 5. The molecule has 0 unspecified atom stereocenters. The van der Waals surface area contributed by atoms with Crippen LogP contribution in [0.4, 0.5) is 5.82 Å². The van der Waals surface area contributed by atoms with Crippen LogP contribution in [0, 0.1) is 0 Å². The summed E-state index contributed by atoms with van der Waals surface area (Å²) in [6, 6.07) is 14.3. The molecule has 26 heavy (non-hydrogen) atoms. The molecule has 6 nitrogen and oxygen atoms in total. The number of anilines is 1. The molecule has 1 amide bonds. The lowest BCUT2D eigenvalue weighted by Gasteiger charge is -2.11. The first kappa shape index (κ1) is 17.4. The number of amides is 1. The molecule has 0 saturated heterocycles. The number of aromatic hydroxyl groups is 1. The Kier molecular flexibility index (Phi) is 5.77. The molecule has 3 aromatic rings. The van der Waals surface area contributed by atoms with Crippen LogP contribution < -0.4 is 10.6 Å². The molecule has 0 atom stereocenters. The third kappa shape index (κ3) is 4.80.